The predicted molar refractivity (Wildman–Crippen MR) is 68.3 cm³/mol. The highest BCUT2D eigenvalue weighted by atomic mass is 16.6. The molecule has 0 aliphatic carbocycles. The van der Waals surface area contributed by atoms with E-state index in [2.05, 4.69) is 9.97 Å². The van der Waals surface area contributed by atoms with Crippen LogP contribution in [0, 0.1) is 10.1 Å². The molecule has 0 spiro atoms. The molecule has 2 unspecified atom stereocenters. The third-order valence-electron chi connectivity index (χ3n) is 3.08. The summed E-state index contributed by atoms with van der Waals surface area (Å²) in [6.45, 7) is 3.83. The standard InChI is InChI=1S/C12H14N4O2/c1-7(8(2)13)12-10-5-9(16(17)18)3-4-11(10)14-6-15-12/h3-8H,13H2,1-2H3. The Balaban J connectivity index is 2.66. The van der Waals surface area contributed by atoms with E-state index in [-0.39, 0.29) is 17.6 Å². The van der Waals surface area contributed by atoms with E-state index >= 15 is 0 Å². The second-order valence-electron chi connectivity index (χ2n) is 4.37. The van der Waals surface area contributed by atoms with Gasteiger partial charge in [0.25, 0.3) is 5.69 Å². The molecular formula is C12H14N4O2. The molecule has 0 fully saturated rings. The van der Waals surface area contributed by atoms with Crippen LogP contribution in [0.4, 0.5) is 5.69 Å². The van der Waals surface area contributed by atoms with Crippen molar-refractivity contribution < 1.29 is 4.92 Å². The van der Waals surface area contributed by atoms with E-state index in [9.17, 15) is 10.1 Å². The Morgan fingerprint density at radius 2 is 2.06 bits per heavy atom. The molecule has 2 N–H and O–H groups in total. The number of aromatic nitrogens is 2. The molecule has 94 valence electrons. The van der Waals surface area contributed by atoms with Crippen LogP contribution >= 0.6 is 0 Å². The van der Waals surface area contributed by atoms with Gasteiger partial charge in [-0.1, -0.05) is 6.92 Å². The topological polar surface area (TPSA) is 94.9 Å². The van der Waals surface area contributed by atoms with E-state index in [4.69, 9.17) is 5.73 Å². The van der Waals surface area contributed by atoms with Crippen LogP contribution in [-0.4, -0.2) is 20.9 Å². The zero-order valence-corrected chi connectivity index (χ0v) is 10.2. The smallest absolute Gasteiger partial charge is 0.270 e. The van der Waals surface area contributed by atoms with Gasteiger partial charge in [-0.05, 0) is 13.0 Å². The minimum atomic E-state index is -0.424. The second-order valence-corrected chi connectivity index (χ2v) is 4.37. The molecule has 2 aromatic rings. The van der Waals surface area contributed by atoms with E-state index in [0.29, 0.717) is 10.9 Å². The summed E-state index contributed by atoms with van der Waals surface area (Å²) < 4.78 is 0. The summed E-state index contributed by atoms with van der Waals surface area (Å²) in [5.74, 6) is 0.0116. The van der Waals surface area contributed by atoms with E-state index in [1.165, 1.54) is 18.5 Å². The normalized spacial score (nSPS) is 14.4. The van der Waals surface area contributed by atoms with Gasteiger partial charge in [0.05, 0.1) is 16.1 Å². The zero-order valence-electron chi connectivity index (χ0n) is 10.2. The molecule has 6 heteroatoms. The minimum Gasteiger partial charge on any atom is -0.327 e. The summed E-state index contributed by atoms with van der Waals surface area (Å²) in [6, 6.07) is 4.49. The Morgan fingerprint density at radius 1 is 1.33 bits per heavy atom. The molecule has 0 aliphatic heterocycles. The molecule has 0 radical (unpaired) electrons. The van der Waals surface area contributed by atoms with Crippen LogP contribution in [0.5, 0.6) is 0 Å². The first-order valence-electron chi connectivity index (χ1n) is 5.65. The molecule has 6 nitrogen and oxygen atoms in total. The lowest BCUT2D eigenvalue weighted by Crippen LogP contribution is -2.23. The first-order valence-corrected chi connectivity index (χ1v) is 5.65. The van der Waals surface area contributed by atoms with Crippen molar-refractivity contribution in [3.8, 4) is 0 Å². The minimum absolute atomic E-state index is 0.0116. The summed E-state index contributed by atoms with van der Waals surface area (Å²) in [5, 5.41) is 11.5. The van der Waals surface area contributed by atoms with Gasteiger partial charge in [0.15, 0.2) is 0 Å². The average Bonchev–Trinajstić information content (AvgIpc) is 2.36. The maximum Gasteiger partial charge on any atom is 0.270 e. The van der Waals surface area contributed by atoms with E-state index in [0.717, 1.165) is 5.69 Å². The molecule has 18 heavy (non-hydrogen) atoms. The Kier molecular flexibility index (Phi) is 3.20. The Labute approximate surface area is 104 Å². The Bertz CT molecular complexity index is 598. The largest absolute Gasteiger partial charge is 0.327 e. The summed E-state index contributed by atoms with van der Waals surface area (Å²) in [7, 11) is 0. The molecule has 1 heterocycles. The van der Waals surface area contributed by atoms with Crippen LogP contribution in [0.3, 0.4) is 0 Å². The molecular weight excluding hydrogens is 232 g/mol. The van der Waals surface area contributed by atoms with Gasteiger partial charge >= 0.3 is 0 Å². The van der Waals surface area contributed by atoms with Crippen LogP contribution in [0.15, 0.2) is 24.5 Å². The number of rotatable bonds is 3. The van der Waals surface area contributed by atoms with Gasteiger partial charge in [-0.15, -0.1) is 0 Å². The number of non-ortho nitro benzene ring substituents is 1. The van der Waals surface area contributed by atoms with Gasteiger partial charge in [-0.25, -0.2) is 9.97 Å². The molecule has 0 amide bonds. The second kappa shape index (κ2) is 4.66. The Morgan fingerprint density at radius 3 is 2.67 bits per heavy atom. The number of benzene rings is 1. The third-order valence-corrected chi connectivity index (χ3v) is 3.08. The SMILES string of the molecule is CC(N)C(C)c1ncnc2ccc([N+](=O)[O-])cc12. The summed E-state index contributed by atoms with van der Waals surface area (Å²) in [6.07, 6.45) is 1.46. The first-order chi connectivity index (χ1) is 8.50. The summed E-state index contributed by atoms with van der Waals surface area (Å²) >= 11 is 0. The lowest BCUT2D eigenvalue weighted by atomic mass is 9.96. The van der Waals surface area contributed by atoms with E-state index < -0.39 is 4.92 Å². The highest BCUT2D eigenvalue weighted by Gasteiger charge is 2.17. The number of nitrogens with two attached hydrogens (primary N) is 1. The van der Waals surface area contributed by atoms with Crippen molar-refractivity contribution in [1.29, 1.82) is 0 Å². The highest BCUT2D eigenvalue weighted by Crippen LogP contribution is 2.26. The number of nitro benzene ring substituents is 1. The number of fused-ring (bicyclic) bond motifs is 1. The van der Waals surface area contributed by atoms with Crippen LogP contribution < -0.4 is 5.73 Å². The maximum absolute atomic E-state index is 10.8. The molecule has 2 atom stereocenters. The molecule has 0 saturated heterocycles. The molecule has 0 aliphatic rings. The van der Waals surface area contributed by atoms with Crippen molar-refractivity contribution in [3.05, 3.63) is 40.3 Å². The van der Waals surface area contributed by atoms with Gasteiger partial charge in [0, 0.05) is 29.5 Å². The van der Waals surface area contributed by atoms with Crippen molar-refractivity contribution >= 4 is 16.6 Å². The number of nitro groups is 1. The quantitative estimate of drug-likeness (QED) is 0.660. The van der Waals surface area contributed by atoms with Crippen molar-refractivity contribution in [3.63, 3.8) is 0 Å². The number of hydrogen-bond acceptors (Lipinski definition) is 5. The molecule has 0 saturated carbocycles. The number of hydrogen-bond donors (Lipinski definition) is 1. The summed E-state index contributed by atoms with van der Waals surface area (Å²) in [4.78, 5) is 18.7. The predicted octanol–water partition coefficient (Wildman–Crippen LogP) is 1.99. The maximum atomic E-state index is 10.8. The van der Waals surface area contributed by atoms with E-state index in [1.807, 2.05) is 13.8 Å². The fourth-order valence-corrected chi connectivity index (χ4v) is 1.79. The van der Waals surface area contributed by atoms with Gasteiger partial charge in [0.1, 0.15) is 6.33 Å². The van der Waals surface area contributed by atoms with Gasteiger partial charge in [0.2, 0.25) is 0 Å². The fourth-order valence-electron chi connectivity index (χ4n) is 1.79. The fraction of sp³-hybridized carbons (Fsp3) is 0.333. The van der Waals surface area contributed by atoms with Gasteiger partial charge < -0.3 is 5.73 Å². The molecule has 1 aromatic heterocycles. The van der Waals surface area contributed by atoms with Crippen molar-refractivity contribution in [2.45, 2.75) is 25.8 Å². The van der Waals surface area contributed by atoms with E-state index in [1.54, 1.807) is 6.07 Å². The molecule has 1 aromatic carbocycles. The number of nitrogens with zero attached hydrogens (tertiary/aromatic N) is 3. The van der Waals surface area contributed by atoms with Gasteiger partial charge in [-0.3, -0.25) is 10.1 Å². The van der Waals surface area contributed by atoms with Crippen LogP contribution in [-0.2, 0) is 0 Å². The Hall–Kier alpha value is -2.08. The first kappa shape index (κ1) is 12.4. The van der Waals surface area contributed by atoms with Crippen molar-refractivity contribution in [1.82, 2.24) is 9.97 Å². The van der Waals surface area contributed by atoms with Crippen molar-refractivity contribution in [2.24, 2.45) is 5.73 Å². The monoisotopic (exact) mass is 246 g/mol. The van der Waals surface area contributed by atoms with Crippen LogP contribution in [0.25, 0.3) is 10.9 Å². The van der Waals surface area contributed by atoms with Crippen LogP contribution in [0.2, 0.25) is 0 Å². The lowest BCUT2D eigenvalue weighted by Gasteiger charge is -2.16. The third kappa shape index (κ3) is 2.14. The zero-order chi connectivity index (χ0) is 13.3. The lowest BCUT2D eigenvalue weighted by molar-refractivity contribution is -0.384. The molecule has 2 rings (SSSR count). The van der Waals surface area contributed by atoms with Gasteiger partial charge in [-0.2, -0.15) is 0 Å². The summed E-state index contributed by atoms with van der Waals surface area (Å²) in [5.41, 5.74) is 7.34. The van der Waals surface area contributed by atoms with Crippen molar-refractivity contribution in [2.75, 3.05) is 0 Å². The van der Waals surface area contributed by atoms with Crippen LogP contribution in [0.1, 0.15) is 25.5 Å². The highest BCUT2D eigenvalue weighted by molar-refractivity contribution is 5.83. The average molecular weight is 246 g/mol. The molecule has 0 bridgehead atoms.